The van der Waals surface area contributed by atoms with Crippen LogP contribution < -0.4 is 5.73 Å². The van der Waals surface area contributed by atoms with Crippen LogP contribution in [-0.4, -0.2) is 0 Å². The molecule has 0 fully saturated rings. The fraction of sp³-hybridized carbons (Fsp3) is 0.400. The van der Waals surface area contributed by atoms with E-state index in [0.29, 0.717) is 0 Å². The summed E-state index contributed by atoms with van der Waals surface area (Å²) in [6, 6.07) is 6.56. The molecular weight excluding hydrogens is 214 g/mol. The maximum absolute atomic E-state index is 5.99. The van der Waals surface area contributed by atoms with Crippen molar-refractivity contribution in [1.82, 2.24) is 0 Å². The lowest BCUT2D eigenvalue weighted by Crippen LogP contribution is -2.17. The summed E-state index contributed by atoms with van der Waals surface area (Å²) in [7, 11) is 0. The largest absolute Gasteiger partial charge is 0.324 e. The highest BCUT2D eigenvalue weighted by molar-refractivity contribution is 9.10. The van der Waals surface area contributed by atoms with Gasteiger partial charge in [0.25, 0.3) is 0 Å². The summed E-state index contributed by atoms with van der Waals surface area (Å²) in [4.78, 5) is 0. The molecule has 0 spiro atoms. The zero-order valence-corrected chi connectivity index (χ0v) is 8.47. The Kier molecular flexibility index (Phi) is 2.20. The van der Waals surface area contributed by atoms with Crippen molar-refractivity contribution in [2.75, 3.05) is 0 Å². The molecule has 1 aliphatic carbocycles. The Bertz CT molecular complexity index is 296. The molecule has 0 radical (unpaired) electrons. The van der Waals surface area contributed by atoms with E-state index < -0.39 is 0 Å². The molecule has 1 nitrogen and oxygen atoms in total. The molecule has 2 N–H and O–H groups in total. The van der Waals surface area contributed by atoms with Crippen LogP contribution in [0, 0.1) is 0 Å². The van der Waals surface area contributed by atoms with Crippen LogP contribution in [0.4, 0.5) is 0 Å². The summed E-state index contributed by atoms with van der Waals surface area (Å²) < 4.78 is 1.22. The Hall–Kier alpha value is -0.340. The molecule has 2 heteroatoms. The van der Waals surface area contributed by atoms with Crippen LogP contribution in [0.1, 0.15) is 30.0 Å². The maximum atomic E-state index is 5.99. The van der Waals surface area contributed by atoms with E-state index in [1.807, 2.05) is 0 Å². The Morgan fingerprint density at radius 1 is 1.42 bits per heavy atom. The van der Waals surface area contributed by atoms with Gasteiger partial charge in [0, 0.05) is 10.5 Å². The molecular formula is C10H12BrN. The summed E-state index contributed by atoms with van der Waals surface area (Å²) >= 11 is 3.55. The van der Waals surface area contributed by atoms with Crippen molar-refractivity contribution in [2.24, 2.45) is 5.73 Å². The minimum absolute atomic E-state index is 0.256. The van der Waals surface area contributed by atoms with Gasteiger partial charge in [-0.1, -0.05) is 28.1 Å². The molecule has 0 saturated heterocycles. The van der Waals surface area contributed by atoms with E-state index in [1.165, 1.54) is 28.4 Å². The molecule has 0 heterocycles. The zero-order valence-electron chi connectivity index (χ0n) is 6.89. The third kappa shape index (κ3) is 1.29. The fourth-order valence-electron chi connectivity index (χ4n) is 1.84. The zero-order chi connectivity index (χ0) is 8.55. The summed E-state index contributed by atoms with van der Waals surface area (Å²) in [5.74, 6) is 0. The lowest BCUT2D eigenvalue weighted by Gasteiger charge is -2.22. The number of hydrogen-bond donors (Lipinski definition) is 1. The summed E-state index contributed by atoms with van der Waals surface area (Å²) in [5, 5.41) is 0. The molecule has 1 unspecified atom stereocenters. The van der Waals surface area contributed by atoms with Gasteiger partial charge in [0.1, 0.15) is 0 Å². The quantitative estimate of drug-likeness (QED) is 0.723. The van der Waals surface area contributed by atoms with Crippen LogP contribution in [0.3, 0.4) is 0 Å². The van der Waals surface area contributed by atoms with Crippen molar-refractivity contribution in [3.63, 3.8) is 0 Å². The van der Waals surface area contributed by atoms with Crippen LogP contribution in [0.25, 0.3) is 0 Å². The van der Waals surface area contributed by atoms with E-state index in [-0.39, 0.29) is 6.04 Å². The first kappa shape index (κ1) is 8.27. The van der Waals surface area contributed by atoms with E-state index in [4.69, 9.17) is 5.73 Å². The monoisotopic (exact) mass is 225 g/mol. The van der Waals surface area contributed by atoms with Crippen LogP contribution in [0.15, 0.2) is 22.7 Å². The highest BCUT2D eigenvalue weighted by atomic mass is 79.9. The van der Waals surface area contributed by atoms with Crippen LogP contribution in [0.5, 0.6) is 0 Å². The van der Waals surface area contributed by atoms with E-state index >= 15 is 0 Å². The first-order valence-electron chi connectivity index (χ1n) is 4.32. The number of halogens is 1. The van der Waals surface area contributed by atoms with E-state index in [9.17, 15) is 0 Å². The van der Waals surface area contributed by atoms with Gasteiger partial charge in [0.2, 0.25) is 0 Å². The Labute approximate surface area is 81.1 Å². The molecule has 1 atom stereocenters. The van der Waals surface area contributed by atoms with Crippen molar-refractivity contribution >= 4 is 15.9 Å². The fourth-order valence-corrected chi connectivity index (χ4v) is 2.42. The molecule has 1 aliphatic rings. The van der Waals surface area contributed by atoms with Gasteiger partial charge in [-0.15, -0.1) is 0 Å². The van der Waals surface area contributed by atoms with Crippen LogP contribution in [0.2, 0.25) is 0 Å². The number of rotatable bonds is 0. The molecule has 2 rings (SSSR count). The molecule has 1 aromatic carbocycles. The second-order valence-electron chi connectivity index (χ2n) is 3.31. The third-order valence-corrected chi connectivity index (χ3v) is 3.24. The topological polar surface area (TPSA) is 26.0 Å². The Morgan fingerprint density at radius 3 is 3.00 bits per heavy atom. The van der Waals surface area contributed by atoms with E-state index in [2.05, 4.69) is 34.1 Å². The molecule has 1 aromatic rings. The van der Waals surface area contributed by atoms with Crippen molar-refractivity contribution < 1.29 is 0 Å². The average molecular weight is 226 g/mol. The number of fused-ring (bicyclic) bond motifs is 1. The molecule has 0 aliphatic heterocycles. The normalized spacial score (nSPS) is 22.0. The second-order valence-corrected chi connectivity index (χ2v) is 4.16. The molecule has 0 aromatic heterocycles. The van der Waals surface area contributed by atoms with Gasteiger partial charge in [-0.05, 0) is 36.5 Å². The second kappa shape index (κ2) is 3.19. The van der Waals surface area contributed by atoms with E-state index in [1.54, 1.807) is 0 Å². The molecule has 0 saturated carbocycles. The molecule has 0 amide bonds. The molecule has 64 valence electrons. The van der Waals surface area contributed by atoms with E-state index in [0.717, 1.165) is 6.42 Å². The lowest BCUT2D eigenvalue weighted by atomic mass is 9.88. The number of hydrogen-bond acceptors (Lipinski definition) is 1. The predicted molar refractivity (Wildman–Crippen MR) is 54.0 cm³/mol. The summed E-state index contributed by atoms with van der Waals surface area (Å²) in [5.41, 5.74) is 8.74. The highest BCUT2D eigenvalue weighted by Gasteiger charge is 2.17. The minimum Gasteiger partial charge on any atom is -0.324 e. The maximum Gasteiger partial charge on any atom is 0.0298 e. The van der Waals surface area contributed by atoms with Gasteiger partial charge in [0.15, 0.2) is 0 Å². The van der Waals surface area contributed by atoms with Gasteiger partial charge >= 0.3 is 0 Å². The minimum atomic E-state index is 0.256. The number of nitrogens with two attached hydrogens (primary N) is 1. The van der Waals surface area contributed by atoms with Gasteiger partial charge in [-0.2, -0.15) is 0 Å². The Balaban J connectivity index is 2.52. The SMILES string of the molecule is NC1CCCc2c(Br)cccc21. The summed E-state index contributed by atoms with van der Waals surface area (Å²) in [6.45, 7) is 0. The summed E-state index contributed by atoms with van der Waals surface area (Å²) in [6.07, 6.45) is 3.52. The van der Waals surface area contributed by atoms with Gasteiger partial charge in [0.05, 0.1) is 0 Å². The average Bonchev–Trinajstić information content (AvgIpc) is 2.07. The molecule has 12 heavy (non-hydrogen) atoms. The Morgan fingerprint density at radius 2 is 2.25 bits per heavy atom. The van der Waals surface area contributed by atoms with Crippen molar-refractivity contribution in [1.29, 1.82) is 0 Å². The first-order valence-corrected chi connectivity index (χ1v) is 5.11. The smallest absolute Gasteiger partial charge is 0.0298 e. The third-order valence-electron chi connectivity index (χ3n) is 2.50. The standard InChI is InChI=1S/C10H12BrN/c11-9-5-1-4-8-7(9)3-2-6-10(8)12/h1,4-5,10H,2-3,6,12H2. The van der Waals surface area contributed by atoms with Gasteiger partial charge in [-0.3, -0.25) is 0 Å². The molecule has 0 bridgehead atoms. The van der Waals surface area contributed by atoms with Crippen LogP contribution in [-0.2, 0) is 6.42 Å². The predicted octanol–water partition coefficient (Wildman–Crippen LogP) is 2.79. The van der Waals surface area contributed by atoms with Crippen molar-refractivity contribution in [3.8, 4) is 0 Å². The van der Waals surface area contributed by atoms with Gasteiger partial charge in [-0.25, -0.2) is 0 Å². The van der Waals surface area contributed by atoms with Gasteiger partial charge < -0.3 is 5.73 Å². The van der Waals surface area contributed by atoms with Crippen molar-refractivity contribution in [3.05, 3.63) is 33.8 Å². The number of benzene rings is 1. The first-order chi connectivity index (χ1) is 5.79. The highest BCUT2D eigenvalue weighted by Crippen LogP contribution is 2.32. The van der Waals surface area contributed by atoms with Crippen LogP contribution >= 0.6 is 15.9 Å². The van der Waals surface area contributed by atoms with Crippen molar-refractivity contribution in [2.45, 2.75) is 25.3 Å². The lowest BCUT2D eigenvalue weighted by molar-refractivity contribution is 0.569.